The van der Waals surface area contributed by atoms with Crippen molar-refractivity contribution in [1.29, 1.82) is 0 Å². The first-order valence-electron chi connectivity index (χ1n) is 7.61. The molecule has 2 nitrogen and oxygen atoms in total. The topological polar surface area (TPSA) is 26.3 Å². The largest absolute Gasteiger partial charge is 0.463 e. The van der Waals surface area contributed by atoms with E-state index < -0.39 is 0 Å². The fraction of sp³-hybridized carbons (Fsp3) is 0.421. The summed E-state index contributed by atoms with van der Waals surface area (Å²) < 4.78 is 5.22. The van der Waals surface area contributed by atoms with Crippen molar-refractivity contribution in [3.8, 4) is 0 Å². The van der Waals surface area contributed by atoms with E-state index in [0.717, 1.165) is 24.8 Å². The molecule has 1 rings (SSSR count). The normalized spacial score (nSPS) is 12.1. The van der Waals surface area contributed by atoms with Crippen molar-refractivity contribution in [2.45, 2.75) is 40.0 Å². The first kappa shape index (κ1) is 17.2. The number of allylic oxidation sites excluding steroid dienone is 2. The summed E-state index contributed by atoms with van der Waals surface area (Å²) in [6, 6.07) is 9.74. The molecule has 1 aromatic carbocycles. The maximum absolute atomic E-state index is 11.6. The third-order valence-corrected chi connectivity index (χ3v) is 3.28. The lowest BCUT2D eigenvalue weighted by atomic mass is 10.0. The van der Waals surface area contributed by atoms with Gasteiger partial charge in [-0.2, -0.15) is 0 Å². The number of esters is 1. The molecule has 0 radical (unpaired) electrons. The molecule has 0 saturated carbocycles. The highest BCUT2D eigenvalue weighted by atomic mass is 16.5. The van der Waals surface area contributed by atoms with E-state index in [1.54, 1.807) is 6.08 Å². The van der Waals surface area contributed by atoms with Gasteiger partial charge < -0.3 is 4.74 Å². The Morgan fingerprint density at radius 1 is 1.19 bits per heavy atom. The van der Waals surface area contributed by atoms with E-state index in [2.05, 4.69) is 26.8 Å². The summed E-state index contributed by atoms with van der Waals surface area (Å²) in [5.74, 6) is 0.307. The molecule has 114 valence electrons. The van der Waals surface area contributed by atoms with E-state index in [4.69, 9.17) is 4.74 Å². The number of benzene rings is 1. The van der Waals surface area contributed by atoms with Crippen LogP contribution in [0, 0.1) is 5.92 Å². The Bertz CT molecular complexity index is 468. The molecular weight excluding hydrogens is 260 g/mol. The molecule has 0 bridgehead atoms. The zero-order chi connectivity index (χ0) is 15.5. The zero-order valence-corrected chi connectivity index (χ0v) is 13.3. The fourth-order valence-electron chi connectivity index (χ4n) is 1.94. The molecule has 0 aromatic heterocycles. The minimum Gasteiger partial charge on any atom is -0.463 e. The Labute approximate surface area is 128 Å². The van der Waals surface area contributed by atoms with Crippen molar-refractivity contribution in [2.24, 2.45) is 5.92 Å². The Morgan fingerprint density at radius 3 is 2.57 bits per heavy atom. The highest BCUT2D eigenvalue weighted by Crippen LogP contribution is 2.12. The standard InChI is InChI=1S/C19H26O2/c1-16(2)8-7-9-17(3)14-15-21-19(20)13-12-18-10-5-4-6-11-18/h4-6,8,10-13,17H,7,9,14-15H2,1-3H3/b13-12+. The molecule has 0 heterocycles. The molecule has 1 atom stereocenters. The average Bonchev–Trinajstić information content (AvgIpc) is 2.46. The van der Waals surface area contributed by atoms with Gasteiger partial charge in [-0.1, -0.05) is 48.9 Å². The van der Waals surface area contributed by atoms with Gasteiger partial charge in [-0.3, -0.25) is 0 Å². The SMILES string of the molecule is CC(C)=CCCC(C)CCOC(=O)/C=C/c1ccccc1. The fourth-order valence-corrected chi connectivity index (χ4v) is 1.94. The Morgan fingerprint density at radius 2 is 1.90 bits per heavy atom. The monoisotopic (exact) mass is 286 g/mol. The summed E-state index contributed by atoms with van der Waals surface area (Å²) in [7, 11) is 0. The van der Waals surface area contributed by atoms with E-state index >= 15 is 0 Å². The first-order valence-corrected chi connectivity index (χ1v) is 7.61. The van der Waals surface area contributed by atoms with Gasteiger partial charge in [0.05, 0.1) is 6.61 Å². The summed E-state index contributed by atoms with van der Waals surface area (Å²) >= 11 is 0. The second-order valence-corrected chi connectivity index (χ2v) is 5.66. The van der Waals surface area contributed by atoms with Crippen LogP contribution >= 0.6 is 0 Å². The zero-order valence-electron chi connectivity index (χ0n) is 13.3. The van der Waals surface area contributed by atoms with Crippen LogP contribution in [0.25, 0.3) is 6.08 Å². The summed E-state index contributed by atoms with van der Waals surface area (Å²) in [6.07, 6.45) is 8.68. The van der Waals surface area contributed by atoms with Crippen LogP contribution < -0.4 is 0 Å². The van der Waals surface area contributed by atoms with Gasteiger partial charge in [-0.05, 0) is 50.7 Å². The van der Waals surface area contributed by atoms with Gasteiger partial charge in [0.25, 0.3) is 0 Å². The third-order valence-electron chi connectivity index (χ3n) is 3.28. The number of carbonyl (C=O) groups is 1. The van der Waals surface area contributed by atoms with Gasteiger partial charge in [-0.25, -0.2) is 4.79 Å². The molecule has 1 unspecified atom stereocenters. The lowest BCUT2D eigenvalue weighted by molar-refractivity contribution is -0.138. The van der Waals surface area contributed by atoms with Gasteiger partial charge in [0.1, 0.15) is 0 Å². The van der Waals surface area contributed by atoms with E-state index in [0.29, 0.717) is 12.5 Å². The van der Waals surface area contributed by atoms with Crippen LogP contribution in [-0.4, -0.2) is 12.6 Å². The Hall–Kier alpha value is -1.83. The maximum Gasteiger partial charge on any atom is 0.330 e. The number of rotatable bonds is 8. The molecule has 0 aliphatic rings. The van der Waals surface area contributed by atoms with E-state index in [1.807, 2.05) is 30.3 Å². The number of hydrogen-bond acceptors (Lipinski definition) is 2. The molecule has 0 N–H and O–H groups in total. The first-order chi connectivity index (χ1) is 10.1. The summed E-state index contributed by atoms with van der Waals surface area (Å²) in [5, 5.41) is 0. The third kappa shape index (κ3) is 8.85. The van der Waals surface area contributed by atoms with E-state index in [1.165, 1.54) is 11.6 Å². The predicted octanol–water partition coefficient (Wildman–Crippen LogP) is 5.02. The van der Waals surface area contributed by atoms with Crippen molar-refractivity contribution >= 4 is 12.0 Å². The summed E-state index contributed by atoms with van der Waals surface area (Å²) in [5.41, 5.74) is 2.37. The molecule has 0 amide bonds. The average molecular weight is 286 g/mol. The molecule has 1 aromatic rings. The molecular formula is C19H26O2. The second-order valence-electron chi connectivity index (χ2n) is 5.66. The molecule has 0 aliphatic carbocycles. The summed E-state index contributed by atoms with van der Waals surface area (Å²) in [4.78, 5) is 11.6. The van der Waals surface area contributed by atoms with Crippen molar-refractivity contribution in [3.63, 3.8) is 0 Å². The molecule has 0 saturated heterocycles. The van der Waals surface area contributed by atoms with E-state index in [-0.39, 0.29) is 5.97 Å². The maximum atomic E-state index is 11.6. The van der Waals surface area contributed by atoms with Crippen molar-refractivity contribution < 1.29 is 9.53 Å². The smallest absolute Gasteiger partial charge is 0.330 e. The minimum atomic E-state index is -0.268. The van der Waals surface area contributed by atoms with E-state index in [9.17, 15) is 4.79 Å². The Kier molecular flexibility index (Phi) is 8.18. The van der Waals surface area contributed by atoms with Crippen LogP contribution in [-0.2, 0) is 9.53 Å². The molecule has 0 spiro atoms. The Balaban J connectivity index is 2.18. The van der Waals surface area contributed by atoms with Crippen LogP contribution in [0.15, 0.2) is 48.1 Å². The number of carbonyl (C=O) groups excluding carboxylic acids is 1. The van der Waals surface area contributed by atoms with Crippen LogP contribution in [0.3, 0.4) is 0 Å². The second kappa shape index (κ2) is 9.98. The lowest BCUT2D eigenvalue weighted by Crippen LogP contribution is -2.06. The van der Waals surface area contributed by atoms with Gasteiger partial charge in [0.2, 0.25) is 0 Å². The summed E-state index contributed by atoms with van der Waals surface area (Å²) in [6.45, 7) is 6.93. The highest BCUT2D eigenvalue weighted by Gasteiger charge is 2.03. The van der Waals surface area contributed by atoms with Crippen molar-refractivity contribution in [1.82, 2.24) is 0 Å². The van der Waals surface area contributed by atoms with Crippen molar-refractivity contribution in [2.75, 3.05) is 6.61 Å². The minimum absolute atomic E-state index is 0.268. The highest BCUT2D eigenvalue weighted by molar-refractivity contribution is 5.86. The number of hydrogen-bond donors (Lipinski definition) is 0. The molecule has 21 heavy (non-hydrogen) atoms. The van der Waals surface area contributed by atoms with Gasteiger partial charge in [-0.15, -0.1) is 0 Å². The van der Waals surface area contributed by atoms with Gasteiger partial charge in [0.15, 0.2) is 0 Å². The molecule has 0 fully saturated rings. The van der Waals surface area contributed by atoms with Crippen LogP contribution in [0.1, 0.15) is 45.6 Å². The predicted molar refractivity (Wildman–Crippen MR) is 88.9 cm³/mol. The number of ether oxygens (including phenoxy) is 1. The van der Waals surface area contributed by atoms with Gasteiger partial charge >= 0.3 is 5.97 Å². The quantitative estimate of drug-likeness (QED) is 0.381. The van der Waals surface area contributed by atoms with Crippen LogP contribution in [0.4, 0.5) is 0 Å². The lowest BCUT2D eigenvalue weighted by Gasteiger charge is -2.09. The van der Waals surface area contributed by atoms with Crippen LogP contribution in [0.5, 0.6) is 0 Å². The molecule has 2 heteroatoms. The molecule has 0 aliphatic heterocycles. The van der Waals surface area contributed by atoms with Gasteiger partial charge in [0, 0.05) is 6.08 Å². The van der Waals surface area contributed by atoms with Crippen molar-refractivity contribution in [3.05, 3.63) is 53.6 Å². The van der Waals surface area contributed by atoms with Crippen LogP contribution in [0.2, 0.25) is 0 Å².